The number of benzene rings is 1. The van der Waals surface area contributed by atoms with E-state index in [9.17, 15) is 0 Å². The molecule has 0 aromatic heterocycles. The van der Waals surface area contributed by atoms with E-state index in [4.69, 9.17) is 10.1 Å². The molecule has 0 saturated carbocycles. The molecule has 0 fully saturated rings. The van der Waals surface area contributed by atoms with Crippen molar-refractivity contribution in [2.75, 3.05) is 7.11 Å². The largest absolute Gasteiger partial charge is 0.496 e. The molecule has 1 aromatic rings. The summed E-state index contributed by atoms with van der Waals surface area (Å²) < 4.78 is 5.13. The lowest BCUT2D eigenvalue weighted by Gasteiger charge is -2.06. The smallest absolute Gasteiger partial charge is 0.127 e. The van der Waals surface area contributed by atoms with E-state index < -0.39 is 0 Å². The third-order valence-electron chi connectivity index (χ3n) is 1.79. The first kappa shape index (κ1) is 8.78. The van der Waals surface area contributed by atoms with E-state index in [0.717, 1.165) is 17.7 Å². The summed E-state index contributed by atoms with van der Waals surface area (Å²) in [6.45, 7) is 1.97. The van der Waals surface area contributed by atoms with Gasteiger partial charge in [-0.05, 0) is 18.6 Å². The van der Waals surface area contributed by atoms with E-state index in [2.05, 4.69) is 0 Å². The van der Waals surface area contributed by atoms with Crippen LogP contribution in [0.4, 0.5) is 0 Å². The highest BCUT2D eigenvalue weighted by atomic mass is 16.5. The summed E-state index contributed by atoms with van der Waals surface area (Å²) >= 11 is 0. The van der Waals surface area contributed by atoms with Gasteiger partial charge in [-0.1, -0.05) is 19.1 Å². The van der Waals surface area contributed by atoms with Crippen molar-refractivity contribution in [1.82, 2.24) is 0 Å². The Kier molecular flexibility index (Phi) is 2.86. The highest BCUT2D eigenvalue weighted by Gasteiger charge is 2.04. The van der Waals surface area contributed by atoms with Gasteiger partial charge in [0.2, 0.25) is 0 Å². The van der Waals surface area contributed by atoms with E-state index in [1.165, 1.54) is 0 Å². The van der Waals surface area contributed by atoms with E-state index in [1.54, 1.807) is 7.11 Å². The zero-order valence-corrected chi connectivity index (χ0v) is 7.42. The van der Waals surface area contributed by atoms with Crippen molar-refractivity contribution in [3.8, 4) is 5.75 Å². The molecule has 12 heavy (non-hydrogen) atoms. The molecule has 1 aromatic carbocycles. The Morgan fingerprint density at radius 2 is 2.08 bits per heavy atom. The maximum Gasteiger partial charge on any atom is 0.127 e. The van der Waals surface area contributed by atoms with Crippen molar-refractivity contribution < 1.29 is 4.74 Å². The number of methoxy groups -OCH3 is 1. The summed E-state index contributed by atoms with van der Waals surface area (Å²) in [5.41, 5.74) is 1.51. The minimum Gasteiger partial charge on any atom is -0.496 e. The third kappa shape index (κ3) is 1.64. The molecule has 0 aliphatic carbocycles. The Morgan fingerprint density at radius 3 is 2.67 bits per heavy atom. The molecule has 0 spiro atoms. The van der Waals surface area contributed by atoms with Crippen molar-refractivity contribution >= 4 is 5.71 Å². The highest BCUT2D eigenvalue weighted by Crippen LogP contribution is 2.18. The fourth-order valence-corrected chi connectivity index (χ4v) is 1.08. The van der Waals surface area contributed by atoms with Gasteiger partial charge < -0.3 is 10.1 Å². The van der Waals surface area contributed by atoms with Gasteiger partial charge in [0, 0.05) is 11.3 Å². The van der Waals surface area contributed by atoms with Crippen molar-refractivity contribution in [2.24, 2.45) is 0 Å². The van der Waals surface area contributed by atoms with Crippen LogP contribution in [-0.4, -0.2) is 12.8 Å². The Hall–Kier alpha value is -1.31. The van der Waals surface area contributed by atoms with Crippen LogP contribution in [-0.2, 0) is 0 Å². The second kappa shape index (κ2) is 3.90. The Bertz CT molecular complexity index is 281. The molecule has 0 saturated heterocycles. The van der Waals surface area contributed by atoms with E-state index in [0.29, 0.717) is 5.71 Å². The molecule has 0 unspecified atom stereocenters. The zero-order chi connectivity index (χ0) is 8.97. The SMILES string of the molecule is CCC(=N)c1ccccc1OC. The van der Waals surface area contributed by atoms with Gasteiger partial charge in [0.1, 0.15) is 5.75 Å². The molecule has 0 bridgehead atoms. The summed E-state index contributed by atoms with van der Waals surface area (Å²) in [6.07, 6.45) is 0.736. The average Bonchev–Trinajstić information content (AvgIpc) is 2.16. The molecule has 0 aliphatic heterocycles. The van der Waals surface area contributed by atoms with Crippen molar-refractivity contribution in [3.05, 3.63) is 29.8 Å². The number of hydrogen-bond acceptors (Lipinski definition) is 2. The molecule has 0 amide bonds. The van der Waals surface area contributed by atoms with Gasteiger partial charge in [-0.3, -0.25) is 0 Å². The fraction of sp³-hybridized carbons (Fsp3) is 0.300. The van der Waals surface area contributed by atoms with E-state index >= 15 is 0 Å². The molecule has 0 atom stereocenters. The quantitative estimate of drug-likeness (QED) is 0.682. The van der Waals surface area contributed by atoms with Crippen molar-refractivity contribution in [1.29, 1.82) is 5.41 Å². The average molecular weight is 163 g/mol. The van der Waals surface area contributed by atoms with E-state index in [1.807, 2.05) is 31.2 Å². The van der Waals surface area contributed by atoms with Crippen LogP contribution in [0.15, 0.2) is 24.3 Å². The molecule has 1 rings (SSSR count). The van der Waals surface area contributed by atoms with Gasteiger partial charge in [0.05, 0.1) is 7.11 Å². The summed E-state index contributed by atoms with van der Waals surface area (Å²) in [5, 5.41) is 7.64. The number of nitrogens with one attached hydrogen (secondary N) is 1. The van der Waals surface area contributed by atoms with Crippen LogP contribution in [0.3, 0.4) is 0 Å². The van der Waals surface area contributed by atoms with Crippen LogP contribution >= 0.6 is 0 Å². The highest BCUT2D eigenvalue weighted by molar-refractivity contribution is 6.00. The number of ether oxygens (including phenoxy) is 1. The Labute approximate surface area is 72.7 Å². The summed E-state index contributed by atoms with van der Waals surface area (Å²) in [5.74, 6) is 0.782. The maximum atomic E-state index is 7.64. The minimum atomic E-state index is 0.618. The second-order valence-corrected chi connectivity index (χ2v) is 2.53. The standard InChI is InChI=1S/C10H13NO/c1-3-9(11)8-6-4-5-7-10(8)12-2/h4-7,11H,3H2,1-2H3. The zero-order valence-electron chi connectivity index (χ0n) is 7.42. The van der Waals surface area contributed by atoms with Gasteiger partial charge in [-0.25, -0.2) is 0 Å². The van der Waals surface area contributed by atoms with Crippen LogP contribution in [0.2, 0.25) is 0 Å². The monoisotopic (exact) mass is 163 g/mol. The number of rotatable bonds is 3. The second-order valence-electron chi connectivity index (χ2n) is 2.53. The van der Waals surface area contributed by atoms with Crippen LogP contribution in [0.1, 0.15) is 18.9 Å². The summed E-state index contributed by atoms with van der Waals surface area (Å²) in [6, 6.07) is 7.61. The first-order valence-corrected chi connectivity index (χ1v) is 4.00. The molecule has 2 nitrogen and oxygen atoms in total. The molecule has 0 aliphatic rings. The molecule has 1 N–H and O–H groups in total. The molecule has 64 valence electrons. The lowest BCUT2D eigenvalue weighted by atomic mass is 10.1. The first-order chi connectivity index (χ1) is 5.79. The minimum absolute atomic E-state index is 0.618. The van der Waals surface area contributed by atoms with Crippen molar-refractivity contribution in [2.45, 2.75) is 13.3 Å². The molecular weight excluding hydrogens is 150 g/mol. The van der Waals surface area contributed by atoms with Gasteiger partial charge in [0.25, 0.3) is 0 Å². The third-order valence-corrected chi connectivity index (χ3v) is 1.79. The van der Waals surface area contributed by atoms with Gasteiger partial charge >= 0.3 is 0 Å². The predicted octanol–water partition coefficient (Wildman–Crippen LogP) is 2.47. The normalized spacial score (nSPS) is 9.50. The van der Waals surface area contributed by atoms with Crippen LogP contribution in [0, 0.1) is 5.41 Å². The molecule has 0 heterocycles. The maximum absolute atomic E-state index is 7.64. The molecular formula is C10H13NO. The van der Waals surface area contributed by atoms with Gasteiger partial charge in [-0.15, -0.1) is 0 Å². The summed E-state index contributed by atoms with van der Waals surface area (Å²) in [4.78, 5) is 0. The van der Waals surface area contributed by atoms with Crippen LogP contribution in [0.5, 0.6) is 5.75 Å². The van der Waals surface area contributed by atoms with Crippen LogP contribution < -0.4 is 4.74 Å². The number of para-hydroxylation sites is 1. The Balaban J connectivity index is 3.04. The Morgan fingerprint density at radius 1 is 1.42 bits per heavy atom. The van der Waals surface area contributed by atoms with Crippen LogP contribution in [0.25, 0.3) is 0 Å². The fourth-order valence-electron chi connectivity index (χ4n) is 1.08. The lowest BCUT2D eigenvalue weighted by Crippen LogP contribution is -1.99. The first-order valence-electron chi connectivity index (χ1n) is 4.00. The predicted molar refractivity (Wildman–Crippen MR) is 50.1 cm³/mol. The summed E-state index contributed by atoms with van der Waals surface area (Å²) in [7, 11) is 1.63. The topological polar surface area (TPSA) is 33.1 Å². The van der Waals surface area contributed by atoms with Gasteiger partial charge in [0.15, 0.2) is 0 Å². The van der Waals surface area contributed by atoms with E-state index in [-0.39, 0.29) is 0 Å². The molecule has 2 heteroatoms. The number of hydrogen-bond donors (Lipinski definition) is 1. The lowest BCUT2D eigenvalue weighted by molar-refractivity contribution is 0.414. The molecule has 0 radical (unpaired) electrons. The van der Waals surface area contributed by atoms with Gasteiger partial charge in [-0.2, -0.15) is 0 Å². The van der Waals surface area contributed by atoms with Crippen molar-refractivity contribution in [3.63, 3.8) is 0 Å².